The Hall–Kier alpha value is 0.137. The van der Waals surface area contributed by atoms with Crippen molar-refractivity contribution in [2.75, 3.05) is 13.3 Å². The minimum atomic E-state index is -0.808. The lowest BCUT2D eigenvalue weighted by Crippen LogP contribution is -1.97. The van der Waals surface area contributed by atoms with Crippen molar-refractivity contribution in [1.29, 1.82) is 0 Å². The molecule has 0 spiro atoms. The summed E-state index contributed by atoms with van der Waals surface area (Å²) in [6.45, 7) is 0. The molecule has 0 aliphatic heterocycles. The van der Waals surface area contributed by atoms with Crippen LogP contribution in [0.3, 0.4) is 0 Å². The first-order chi connectivity index (χ1) is 2.41. The molecule has 0 heterocycles. The average Bonchev–Trinajstić information content (AvgIpc) is 1.41. The van der Waals surface area contributed by atoms with Crippen molar-refractivity contribution in [3.05, 3.63) is 0 Å². The van der Waals surface area contributed by atoms with Crippen LogP contribution in [0.25, 0.3) is 0 Å². The van der Waals surface area contributed by atoms with Crippen LogP contribution in [-0.2, 0) is 4.74 Å². The molecular formula is C2H8O2Si. The molecule has 0 rings (SSSR count). The van der Waals surface area contributed by atoms with E-state index < -0.39 is 9.76 Å². The fraction of sp³-hybridized carbons (Fsp3) is 1.00. The van der Waals surface area contributed by atoms with Crippen LogP contribution in [0.5, 0.6) is 0 Å². The van der Waals surface area contributed by atoms with Crippen LogP contribution in [0.15, 0.2) is 0 Å². The smallest absolute Gasteiger partial charge is 0.182 e. The van der Waals surface area contributed by atoms with Crippen molar-refractivity contribution in [1.82, 2.24) is 0 Å². The molecule has 0 aliphatic carbocycles. The molecule has 0 aromatic heterocycles. The van der Waals surface area contributed by atoms with Crippen LogP contribution in [0.1, 0.15) is 0 Å². The maximum Gasteiger partial charge on any atom is 0.182 e. The molecule has 5 heavy (non-hydrogen) atoms. The van der Waals surface area contributed by atoms with E-state index >= 15 is 0 Å². The van der Waals surface area contributed by atoms with Gasteiger partial charge in [0.05, 0.1) is 6.23 Å². The largest absolute Gasteiger partial charge is 0.436 e. The molecule has 0 bridgehead atoms. The summed E-state index contributed by atoms with van der Waals surface area (Å²) >= 11 is 0. The molecule has 0 fully saturated rings. The van der Waals surface area contributed by atoms with E-state index in [1.165, 1.54) is 0 Å². The van der Waals surface area contributed by atoms with E-state index in [1.807, 2.05) is 0 Å². The predicted octanol–water partition coefficient (Wildman–Crippen LogP) is -1.33. The fourth-order valence-electron chi connectivity index (χ4n) is 0.0913. The molecule has 0 atom stereocenters. The zero-order valence-electron chi connectivity index (χ0n) is 3.27. The van der Waals surface area contributed by atoms with Crippen LogP contribution < -0.4 is 0 Å². The molecule has 0 aliphatic rings. The van der Waals surface area contributed by atoms with Crippen molar-refractivity contribution in [3.8, 4) is 0 Å². The van der Waals surface area contributed by atoms with Gasteiger partial charge in [-0.25, -0.2) is 0 Å². The van der Waals surface area contributed by atoms with Gasteiger partial charge in [0.15, 0.2) is 9.76 Å². The third-order valence-electron chi connectivity index (χ3n) is 0.295. The number of hydrogen-bond donors (Lipinski definition) is 1. The highest BCUT2D eigenvalue weighted by Crippen LogP contribution is 1.53. The lowest BCUT2D eigenvalue weighted by molar-refractivity contribution is 0.242. The van der Waals surface area contributed by atoms with Crippen molar-refractivity contribution in [2.45, 2.75) is 0 Å². The number of ether oxygens (including phenoxy) is 1. The molecule has 0 saturated heterocycles. The molecule has 0 aromatic carbocycles. The second kappa shape index (κ2) is 4.14. The van der Waals surface area contributed by atoms with Crippen LogP contribution in [0, 0.1) is 0 Å². The Kier molecular flexibility index (Phi) is 4.25. The number of rotatable bonds is 2. The second-order valence-electron chi connectivity index (χ2n) is 0.716. The van der Waals surface area contributed by atoms with Gasteiger partial charge in [0.1, 0.15) is 0 Å². The highest BCUT2D eigenvalue weighted by Gasteiger charge is 1.70. The molecule has 0 saturated carbocycles. The van der Waals surface area contributed by atoms with E-state index in [0.717, 1.165) is 0 Å². The lowest BCUT2D eigenvalue weighted by Gasteiger charge is -1.82. The van der Waals surface area contributed by atoms with E-state index in [0.29, 0.717) is 6.23 Å². The highest BCUT2D eigenvalue weighted by molar-refractivity contribution is 6.24. The normalized spacial score (nSPS) is 10.8. The van der Waals surface area contributed by atoms with Crippen molar-refractivity contribution >= 4 is 9.76 Å². The SMILES string of the molecule is COC[SiH2]O. The standard InChI is InChI=1S/C2H8O2Si/c1-4-2-5-3/h3H,2,5H2,1H3. The minimum Gasteiger partial charge on any atom is -0.436 e. The summed E-state index contributed by atoms with van der Waals surface area (Å²) in [6, 6.07) is 0. The van der Waals surface area contributed by atoms with Gasteiger partial charge in [0, 0.05) is 7.11 Å². The molecule has 32 valence electrons. The molecule has 3 heteroatoms. The van der Waals surface area contributed by atoms with Gasteiger partial charge in [-0.2, -0.15) is 0 Å². The van der Waals surface area contributed by atoms with Gasteiger partial charge in [-0.15, -0.1) is 0 Å². The van der Waals surface area contributed by atoms with Gasteiger partial charge < -0.3 is 9.53 Å². The molecule has 0 unspecified atom stereocenters. The Bertz CT molecular complexity index is 15.1. The van der Waals surface area contributed by atoms with E-state index in [-0.39, 0.29) is 0 Å². The zero-order chi connectivity index (χ0) is 4.12. The Balaban J connectivity index is 2.19. The van der Waals surface area contributed by atoms with Crippen LogP contribution in [0.2, 0.25) is 0 Å². The Morgan fingerprint density at radius 2 is 2.60 bits per heavy atom. The quantitative estimate of drug-likeness (QED) is 0.427. The maximum absolute atomic E-state index is 8.08. The number of hydrogen-bond acceptors (Lipinski definition) is 2. The van der Waals surface area contributed by atoms with Crippen LogP contribution in [0.4, 0.5) is 0 Å². The molecule has 2 nitrogen and oxygen atoms in total. The highest BCUT2D eigenvalue weighted by atomic mass is 28.2. The summed E-state index contributed by atoms with van der Waals surface area (Å²) in [7, 11) is 0.778. The topological polar surface area (TPSA) is 29.5 Å². The molecular weight excluding hydrogens is 84.1 g/mol. The Labute approximate surface area is 33.7 Å². The van der Waals surface area contributed by atoms with Gasteiger partial charge >= 0.3 is 0 Å². The summed E-state index contributed by atoms with van der Waals surface area (Å²) < 4.78 is 4.50. The first kappa shape index (κ1) is 5.14. The summed E-state index contributed by atoms with van der Waals surface area (Å²) in [6.07, 6.45) is 0.583. The molecule has 0 amide bonds. The molecule has 0 radical (unpaired) electrons. The fourth-order valence-corrected chi connectivity index (χ4v) is 0.274. The van der Waals surface area contributed by atoms with Gasteiger partial charge in [-0.05, 0) is 0 Å². The van der Waals surface area contributed by atoms with Gasteiger partial charge in [-0.1, -0.05) is 0 Å². The third-order valence-corrected chi connectivity index (χ3v) is 0.886. The van der Waals surface area contributed by atoms with E-state index in [9.17, 15) is 0 Å². The van der Waals surface area contributed by atoms with Gasteiger partial charge in [0.25, 0.3) is 0 Å². The predicted molar refractivity (Wildman–Crippen MR) is 22.6 cm³/mol. The second-order valence-corrected chi connectivity index (χ2v) is 1.57. The number of methoxy groups -OCH3 is 1. The minimum absolute atomic E-state index is 0.583. The van der Waals surface area contributed by atoms with E-state index in [4.69, 9.17) is 4.80 Å². The summed E-state index contributed by atoms with van der Waals surface area (Å²) in [5.74, 6) is 0. The van der Waals surface area contributed by atoms with Gasteiger partial charge in [0.2, 0.25) is 0 Å². The van der Waals surface area contributed by atoms with E-state index in [1.54, 1.807) is 7.11 Å². The summed E-state index contributed by atoms with van der Waals surface area (Å²) in [5, 5.41) is 0. The first-order valence-electron chi connectivity index (χ1n) is 1.51. The molecule has 1 N–H and O–H groups in total. The van der Waals surface area contributed by atoms with Crippen molar-refractivity contribution in [2.24, 2.45) is 0 Å². The molecule has 0 aromatic rings. The Morgan fingerprint density at radius 3 is 2.60 bits per heavy atom. The van der Waals surface area contributed by atoms with Crippen molar-refractivity contribution in [3.63, 3.8) is 0 Å². The zero-order valence-corrected chi connectivity index (χ0v) is 4.68. The van der Waals surface area contributed by atoms with E-state index in [2.05, 4.69) is 4.74 Å². The first-order valence-corrected chi connectivity index (χ1v) is 3.15. The summed E-state index contributed by atoms with van der Waals surface area (Å²) in [5.41, 5.74) is 0. The lowest BCUT2D eigenvalue weighted by atomic mass is 11.5. The monoisotopic (exact) mass is 92.0 g/mol. The van der Waals surface area contributed by atoms with Crippen molar-refractivity contribution < 1.29 is 9.53 Å². The van der Waals surface area contributed by atoms with Crippen LogP contribution >= 0.6 is 0 Å². The summed E-state index contributed by atoms with van der Waals surface area (Å²) in [4.78, 5) is 8.08. The average molecular weight is 92.2 g/mol. The van der Waals surface area contributed by atoms with Crippen LogP contribution in [-0.4, -0.2) is 27.9 Å². The van der Waals surface area contributed by atoms with Gasteiger partial charge in [-0.3, -0.25) is 0 Å². The maximum atomic E-state index is 8.08. The Morgan fingerprint density at radius 1 is 2.00 bits per heavy atom. The third kappa shape index (κ3) is 4.14.